The van der Waals surface area contributed by atoms with Crippen LogP contribution < -0.4 is 5.32 Å². The fourth-order valence-electron chi connectivity index (χ4n) is 3.05. The van der Waals surface area contributed by atoms with Gasteiger partial charge in [0.15, 0.2) is 0 Å². The maximum absolute atomic E-state index is 3.65. The largest absolute Gasteiger partial charge is 0.382 e. The molecule has 0 unspecified atom stereocenters. The van der Waals surface area contributed by atoms with Gasteiger partial charge in [-0.25, -0.2) is 0 Å². The van der Waals surface area contributed by atoms with Crippen molar-refractivity contribution < 1.29 is 0 Å². The number of nitrogens with zero attached hydrogens (tertiary/aromatic N) is 1. The Balaban J connectivity index is 1.42. The highest BCUT2D eigenvalue weighted by Crippen LogP contribution is 2.17. The van der Waals surface area contributed by atoms with Crippen LogP contribution in [0, 0.1) is 0 Å². The maximum atomic E-state index is 3.65. The van der Waals surface area contributed by atoms with Crippen molar-refractivity contribution in [3.63, 3.8) is 0 Å². The quantitative estimate of drug-likeness (QED) is 0.841. The second kappa shape index (κ2) is 7.80. The van der Waals surface area contributed by atoms with E-state index in [0.717, 1.165) is 13.0 Å². The van der Waals surface area contributed by atoms with E-state index in [-0.39, 0.29) is 0 Å². The molecule has 0 saturated carbocycles. The lowest BCUT2D eigenvalue weighted by Gasteiger charge is -2.32. The molecule has 116 valence electrons. The molecular formula is C19H23BrN2. The third kappa shape index (κ3) is 4.59. The van der Waals surface area contributed by atoms with E-state index in [1.807, 2.05) is 0 Å². The van der Waals surface area contributed by atoms with Gasteiger partial charge in [-0.3, -0.25) is 0 Å². The van der Waals surface area contributed by atoms with Crippen LogP contribution >= 0.6 is 15.9 Å². The summed E-state index contributed by atoms with van der Waals surface area (Å²) in [5.74, 6) is 0. The summed E-state index contributed by atoms with van der Waals surface area (Å²) in [7, 11) is 0. The molecule has 0 atom stereocenters. The van der Waals surface area contributed by atoms with Gasteiger partial charge in [0, 0.05) is 35.8 Å². The molecule has 1 aliphatic rings. The molecule has 0 bridgehead atoms. The average Bonchev–Trinajstić information content (AvgIpc) is 2.55. The number of para-hydroxylation sites is 1. The topological polar surface area (TPSA) is 15.3 Å². The van der Waals surface area contributed by atoms with E-state index in [4.69, 9.17) is 0 Å². The molecule has 1 saturated heterocycles. The number of hydrogen-bond donors (Lipinski definition) is 1. The highest BCUT2D eigenvalue weighted by Gasteiger charge is 2.18. The molecule has 2 nitrogen and oxygen atoms in total. The van der Waals surface area contributed by atoms with Crippen LogP contribution in [-0.2, 0) is 6.42 Å². The lowest BCUT2D eigenvalue weighted by molar-refractivity contribution is 0.221. The third-order valence-electron chi connectivity index (χ3n) is 4.34. The first kappa shape index (κ1) is 15.6. The smallest absolute Gasteiger partial charge is 0.0342 e. The fourth-order valence-corrected chi connectivity index (χ4v) is 3.50. The minimum absolute atomic E-state index is 0.615. The van der Waals surface area contributed by atoms with E-state index in [0.29, 0.717) is 6.04 Å². The van der Waals surface area contributed by atoms with Gasteiger partial charge in [0.1, 0.15) is 0 Å². The molecular weight excluding hydrogens is 336 g/mol. The number of rotatable bonds is 5. The number of nitrogens with one attached hydrogen (secondary N) is 1. The normalized spacial score (nSPS) is 16.6. The molecule has 2 aromatic rings. The number of piperidine rings is 1. The van der Waals surface area contributed by atoms with Crippen LogP contribution in [-0.4, -0.2) is 30.6 Å². The van der Waals surface area contributed by atoms with Crippen LogP contribution in [0.1, 0.15) is 18.4 Å². The predicted molar refractivity (Wildman–Crippen MR) is 97.4 cm³/mol. The summed E-state index contributed by atoms with van der Waals surface area (Å²) in [6.07, 6.45) is 3.59. The van der Waals surface area contributed by atoms with Gasteiger partial charge in [-0.2, -0.15) is 0 Å². The molecule has 1 heterocycles. The molecule has 1 fully saturated rings. The molecule has 0 spiro atoms. The van der Waals surface area contributed by atoms with E-state index in [1.165, 1.54) is 41.7 Å². The van der Waals surface area contributed by atoms with Crippen LogP contribution in [0.25, 0.3) is 0 Å². The molecule has 2 aromatic carbocycles. The predicted octanol–water partition coefficient (Wildman–Crippen LogP) is 4.57. The van der Waals surface area contributed by atoms with Crippen LogP contribution in [0.3, 0.4) is 0 Å². The minimum atomic E-state index is 0.615. The standard InChI is InChI=1S/C19H23BrN2/c20-17-6-4-5-16(15-17)9-12-22-13-10-19(11-14-22)21-18-7-2-1-3-8-18/h1-8,15,19,21H,9-14H2. The van der Waals surface area contributed by atoms with Crippen molar-refractivity contribution >= 4 is 21.6 Å². The molecule has 22 heavy (non-hydrogen) atoms. The molecule has 1 N–H and O–H groups in total. The molecule has 0 aromatic heterocycles. The Bertz CT molecular complexity index is 577. The summed E-state index contributed by atoms with van der Waals surface area (Å²) >= 11 is 3.55. The van der Waals surface area contributed by atoms with Gasteiger partial charge in [-0.1, -0.05) is 46.3 Å². The number of benzene rings is 2. The van der Waals surface area contributed by atoms with E-state index < -0.39 is 0 Å². The zero-order valence-electron chi connectivity index (χ0n) is 12.8. The number of anilines is 1. The van der Waals surface area contributed by atoms with Gasteiger partial charge < -0.3 is 10.2 Å². The summed E-state index contributed by atoms with van der Waals surface area (Å²) in [5, 5.41) is 3.65. The molecule has 1 aliphatic heterocycles. The van der Waals surface area contributed by atoms with Crippen molar-refractivity contribution in [1.82, 2.24) is 4.90 Å². The Morgan fingerprint density at radius 1 is 1.00 bits per heavy atom. The highest BCUT2D eigenvalue weighted by molar-refractivity contribution is 9.10. The lowest BCUT2D eigenvalue weighted by atomic mass is 10.0. The number of hydrogen-bond acceptors (Lipinski definition) is 2. The zero-order valence-corrected chi connectivity index (χ0v) is 14.4. The van der Waals surface area contributed by atoms with Gasteiger partial charge in [-0.15, -0.1) is 0 Å². The van der Waals surface area contributed by atoms with Crippen LogP contribution in [0.4, 0.5) is 5.69 Å². The highest BCUT2D eigenvalue weighted by atomic mass is 79.9. The first-order valence-electron chi connectivity index (χ1n) is 8.08. The summed E-state index contributed by atoms with van der Waals surface area (Å²) < 4.78 is 1.18. The van der Waals surface area contributed by atoms with Crippen LogP contribution in [0.15, 0.2) is 59.1 Å². The van der Waals surface area contributed by atoms with Crippen molar-refractivity contribution in [2.75, 3.05) is 25.0 Å². The Morgan fingerprint density at radius 3 is 2.50 bits per heavy atom. The average molecular weight is 359 g/mol. The van der Waals surface area contributed by atoms with E-state index in [1.54, 1.807) is 0 Å². The molecule has 3 rings (SSSR count). The summed E-state index contributed by atoms with van der Waals surface area (Å²) in [5.41, 5.74) is 2.66. The Labute approximate surface area is 141 Å². The van der Waals surface area contributed by atoms with Gasteiger partial charge >= 0.3 is 0 Å². The van der Waals surface area contributed by atoms with Gasteiger partial charge in [-0.05, 0) is 49.1 Å². The van der Waals surface area contributed by atoms with E-state index in [9.17, 15) is 0 Å². The van der Waals surface area contributed by atoms with Crippen LogP contribution in [0.2, 0.25) is 0 Å². The Morgan fingerprint density at radius 2 is 1.77 bits per heavy atom. The van der Waals surface area contributed by atoms with E-state index >= 15 is 0 Å². The van der Waals surface area contributed by atoms with Crippen molar-refractivity contribution in [3.8, 4) is 0 Å². The number of likely N-dealkylation sites (tertiary alicyclic amines) is 1. The SMILES string of the molecule is Brc1cccc(CCN2CCC(Nc3ccccc3)CC2)c1. The lowest BCUT2D eigenvalue weighted by Crippen LogP contribution is -2.40. The van der Waals surface area contributed by atoms with Gasteiger partial charge in [0.05, 0.1) is 0 Å². The number of halogens is 1. The second-order valence-corrected chi connectivity index (χ2v) is 6.92. The zero-order chi connectivity index (χ0) is 15.2. The Kier molecular flexibility index (Phi) is 5.52. The van der Waals surface area contributed by atoms with Gasteiger partial charge in [0.2, 0.25) is 0 Å². The van der Waals surface area contributed by atoms with Crippen molar-refractivity contribution in [3.05, 3.63) is 64.6 Å². The molecule has 0 aliphatic carbocycles. The first-order chi connectivity index (χ1) is 10.8. The fraction of sp³-hybridized carbons (Fsp3) is 0.368. The summed E-state index contributed by atoms with van der Waals surface area (Å²) in [6, 6.07) is 19.8. The third-order valence-corrected chi connectivity index (χ3v) is 4.83. The van der Waals surface area contributed by atoms with Crippen molar-refractivity contribution in [2.45, 2.75) is 25.3 Å². The monoisotopic (exact) mass is 358 g/mol. The molecule has 3 heteroatoms. The molecule has 0 radical (unpaired) electrons. The summed E-state index contributed by atoms with van der Waals surface area (Å²) in [4.78, 5) is 2.59. The van der Waals surface area contributed by atoms with Crippen LogP contribution in [0.5, 0.6) is 0 Å². The summed E-state index contributed by atoms with van der Waals surface area (Å²) in [6.45, 7) is 3.55. The van der Waals surface area contributed by atoms with Gasteiger partial charge in [0.25, 0.3) is 0 Å². The second-order valence-electron chi connectivity index (χ2n) is 6.01. The molecule has 0 amide bonds. The van der Waals surface area contributed by atoms with Crippen molar-refractivity contribution in [1.29, 1.82) is 0 Å². The van der Waals surface area contributed by atoms with E-state index in [2.05, 4.69) is 80.7 Å². The maximum Gasteiger partial charge on any atom is 0.0342 e. The first-order valence-corrected chi connectivity index (χ1v) is 8.87. The Hall–Kier alpha value is -1.32. The minimum Gasteiger partial charge on any atom is -0.382 e. The van der Waals surface area contributed by atoms with Crippen molar-refractivity contribution in [2.24, 2.45) is 0 Å².